The monoisotopic (exact) mass is 1310 g/mol. The zero-order chi connectivity index (χ0) is 68.5. The molecule has 37 nitrogen and oxygen atoms in total. The molecule has 0 aliphatic carbocycles. The summed E-state index contributed by atoms with van der Waals surface area (Å²) in [6, 6.07) is -14.1. The third-order valence-corrected chi connectivity index (χ3v) is 14.0. The van der Waals surface area contributed by atoms with E-state index in [1.807, 2.05) is 0 Å². The number of rotatable bonds is 49. The number of amides is 12. The molecule has 90 heavy (non-hydrogen) atoms. The zero-order valence-electron chi connectivity index (χ0n) is 50.9. The largest absolute Gasteiger partial charge is 0.481 e. The Morgan fingerprint density at radius 1 is 0.478 bits per heavy atom. The van der Waals surface area contributed by atoms with Gasteiger partial charge in [0, 0.05) is 38.1 Å². The van der Waals surface area contributed by atoms with E-state index in [1.54, 1.807) is 0 Å². The van der Waals surface area contributed by atoms with Crippen molar-refractivity contribution < 1.29 is 92.7 Å². The fourth-order valence-corrected chi connectivity index (χ4v) is 8.74. The number of carbonyl (C=O) groups excluding carboxylic acids is 12. The molecule has 0 aliphatic rings. The van der Waals surface area contributed by atoms with Gasteiger partial charge in [-0.2, -0.15) is 11.8 Å². The number of carboxylic acids is 2. The van der Waals surface area contributed by atoms with Crippen LogP contribution in [0.15, 0.2) is 4.99 Å². The maximum atomic E-state index is 14.2. The van der Waals surface area contributed by atoms with Crippen molar-refractivity contribution in [3.05, 3.63) is 0 Å². The van der Waals surface area contributed by atoms with Gasteiger partial charge in [-0.1, -0.05) is 6.42 Å². The number of hydrogen-bond acceptors (Lipinski definition) is 22. The lowest BCUT2D eigenvalue weighted by atomic mass is 10.1. The number of nitrogens with zero attached hydrogens (tertiary/aromatic N) is 1. The standard InChI is InChI=1S/C52H94N18O19S/c1-27(63-50(87)42(29(3)73)70-46(83)32(16-17-36(56)74)66-44(81)30(55)11-4-6-18-53)43(80)65-31(13-8-21-60-52(57)58)45(82)68-35(26-90-22-10-14-37(75)59-20-9-15-40(78)79)48(85)67-34(25-71)47(84)69-41(28(2)72)49(86)62-23-38(76)61-24-39(77)64-33(51(88)89)12-5-7-19-54/h27-35,41-42,71-73H,4-26,53-55H2,1-3H3,(H2,56,74)(H,59,75)(H,61,76)(H,62,86)(H,63,87)(H,64,77)(H,65,80)(H,66,81)(H,67,85)(H,68,82)(H,69,84)(H,70,83)(H,78,79)(H,88,89)(H4,57,58,60)/t27-,28+,29+,30-,31-,32-,33-,34-,35-,41-,42-/m0/s1. The Hall–Kier alpha value is -8.04. The third-order valence-electron chi connectivity index (χ3n) is 12.8. The first-order valence-corrected chi connectivity index (χ1v) is 30.3. The second-order valence-corrected chi connectivity index (χ2v) is 21.9. The Bertz CT molecular complexity index is 2410. The summed E-state index contributed by atoms with van der Waals surface area (Å²) in [5, 5.41) is 75.2. The Morgan fingerprint density at radius 3 is 1.57 bits per heavy atom. The minimum absolute atomic E-state index is 0.00104. The van der Waals surface area contributed by atoms with E-state index in [1.165, 1.54) is 6.92 Å². The van der Waals surface area contributed by atoms with Gasteiger partial charge in [-0.05, 0) is 104 Å². The molecule has 38 heteroatoms. The molecular formula is C52H94N18O19S. The smallest absolute Gasteiger partial charge is 0.326 e. The number of guanidine groups is 1. The van der Waals surface area contributed by atoms with Crippen molar-refractivity contribution in [1.82, 2.24) is 58.5 Å². The molecule has 0 heterocycles. The Labute approximate surface area is 524 Å². The molecule has 0 radical (unpaired) electrons. The SMILES string of the molecule is C[C@H](NC(=O)[C@@H](NC(=O)[C@H](CCC(N)=O)NC(=O)[C@@H](N)CCCCN)[C@@H](C)O)C(=O)N[C@@H](CCCN=C(N)N)C(=O)N[C@@H](CSCCCC(=O)NCCCC(=O)O)C(=O)N[C@@H](CO)C(=O)N[C@H](C(=O)NCC(=O)NCC(=O)N[C@@H](CCCCN)C(=O)O)[C@@H](C)O. The van der Waals surface area contributed by atoms with Crippen molar-refractivity contribution in [2.75, 3.05) is 57.4 Å². The van der Waals surface area contributed by atoms with Gasteiger partial charge in [-0.25, -0.2) is 4.79 Å². The first-order valence-electron chi connectivity index (χ1n) is 29.1. The Balaban J connectivity index is 6.60. The fourth-order valence-electron chi connectivity index (χ4n) is 7.76. The van der Waals surface area contributed by atoms with E-state index in [2.05, 4.69) is 63.5 Å². The van der Waals surface area contributed by atoms with Gasteiger partial charge in [0.2, 0.25) is 70.9 Å². The summed E-state index contributed by atoms with van der Waals surface area (Å²) >= 11 is 1.03. The molecule has 0 aliphatic heterocycles. The molecule has 0 saturated carbocycles. The quantitative estimate of drug-likeness (QED) is 0.0153. The molecule has 0 fully saturated rings. The lowest BCUT2D eigenvalue weighted by Gasteiger charge is -2.28. The molecule has 512 valence electrons. The Morgan fingerprint density at radius 2 is 1.00 bits per heavy atom. The summed E-state index contributed by atoms with van der Waals surface area (Å²) < 4.78 is 0. The summed E-state index contributed by atoms with van der Waals surface area (Å²) in [6.45, 7) is 1.38. The number of aliphatic hydroxyl groups is 3. The summed E-state index contributed by atoms with van der Waals surface area (Å²) in [7, 11) is 0. The van der Waals surface area contributed by atoms with Crippen molar-refractivity contribution in [2.45, 2.75) is 177 Å². The van der Waals surface area contributed by atoms with E-state index in [-0.39, 0.29) is 94.8 Å². The molecule has 0 spiro atoms. The number of thioether (sulfide) groups is 1. The van der Waals surface area contributed by atoms with Crippen molar-refractivity contribution in [3.63, 3.8) is 0 Å². The maximum Gasteiger partial charge on any atom is 0.326 e. The van der Waals surface area contributed by atoms with Crippen LogP contribution in [0, 0.1) is 0 Å². The van der Waals surface area contributed by atoms with Crippen LogP contribution >= 0.6 is 11.8 Å². The molecule has 0 unspecified atom stereocenters. The van der Waals surface area contributed by atoms with E-state index >= 15 is 0 Å². The first kappa shape index (κ1) is 82.0. The molecular weight excluding hydrogens is 1210 g/mol. The molecule has 11 atom stereocenters. The number of aliphatic hydroxyl groups excluding tert-OH is 3. The highest BCUT2D eigenvalue weighted by molar-refractivity contribution is 7.99. The number of carbonyl (C=O) groups is 14. The van der Waals surface area contributed by atoms with Gasteiger partial charge in [0.25, 0.3) is 0 Å². The molecule has 0 aromatic rings. The van der Waals surface area contributed by atoms with Crippen molar-refractivity contribution in [1.29, 1.82) is 0 Å². The second-order valence-electron chi connectivity index (χ2n) is 20.7. The van der Waals surface area contributed by atoms with Crippen molar-refractivity contribution in [2.24, 2.45) is 39.4 Å². The normalized spacial score (nSPS) is 14.6. The average Bonchev–Trinajstić information content (AvgIpc) is 1.73. The molecule has 28 N–H and O–H groups in total. The maximum absolute atomic E-state index is 14.2. The minimum atomic E-state index is -1.91. The van der Waals surface area contributed by atoms with Gasteiger partial charge in [0.05, 0.1) is 37.9 Å². The number of aliphatic imine (C=N–C) groups is 1. The first-order chi connectivity index (χ1) is 42.4. The fraction of sp³-hybridized carbons (Fsp3) is 0.712. The van der Waals surface area contributed by atoms with Crippen LogP contribution in [0.4, 0.5) is 0 Å². The van der Waals surface area contributed by atoms with Crippen LogP contribution in [0.25, 0.3) is 0 Å². The molecule has 0 bridgehead atoms. The lowest BCUT2D eigenvalue weighted by molar-refractivity contribution is -0.142. The number of aliphatic carboxylic acids is 2. The summed E-state index contributed by atoms with van der Waals surface area (Å²) in [5.41, 5.74) is 33.1. The number of nitrogens with one attached hydrogen (secondary N) is 11. The highest BCUT2D eigenvalue weighted by Crippen LogP contribution is 2.11. The van der Waals surface area contributed by atoms with Crippen LogP contribution in [0.2, 0.25) is 0 Å². The summed E-state index contributed by atoms with van der Waals surface area (Å²) in [4.78, 5) is 184. The predicted octanol–water partition coefficient (Wildman–Crippen LogP) is -9.65. The number of hydrogen-bond donors (Lipinski definition) is 22. The van der Waals surface area contributed by atoms with Crippen LogP contribution in [0.5, 0.6) is 0 Å². The van der Waals surface area contributed by atoms with Crippen molar-refractivity contribution >= 4 is 101 Å². The molecule has 12 amide bonds. The van der Waals surface area contributed by atoms with Gasteiger partial charge >= 0.3 is 11.9 Å². The molecule has 0 saturated heterocycles. The van der Waals surface area contributed by atoms with E-state index in [0.29, 0.717) is 38.8 Å². The summed E-state index contributed by atoms with van der Waals surface area (Å²) in [5.74, 6) is -14.4. The molecule has 0 rings (SSSR count). The summed E-state index contributed by atoms with van der Waals surface area (Å²) in [6.07, 6.45) is -1.91. The Kier molecular flexibility index (Phi) is 42.0. The lowest BCUT2D eigenvalue weighted by Crippen LogP contribution is -2.62. The van der Waals surface area contributed by atoms with Crippen LogP contribution in [0.1, 0.15) is 111 Å². The predicted molar refractivity (Wildman–Crippen MR) is 324 cm³/mol. The van der Waals surface area contributed by atoms with Crippen LogP contribution < -0.4 is 92.9 Å². The average molecular weight is 1310 g/mol. The van der Waals surface area contributed by atoms with Gasteiger partial charge in [0.15, 0.2) is 5.96 Å². The minimum Gasteiger partial charge on any atom is -0.481 e. The van der Waals surface area contributed by atoms with E-state index in [0.717, 1.165) is 25.6 Å². The third kappa shape index (κ3) is 36.4. The van der Waals surface area contributed by atoms with Crippen molar-refractivity contribution in [3.8, 4) is 0 Å². The highest BCUT2D eigenvalue weighted by Gasteiger charge is 2.36. The van der Waals surface area contributed by atoms with Crippen LogP contribution in [-0.4, -0.2) is 238 Å². The van der Waals surface area contributed by atoms with Crippen LogP contribution in [-0.2, 0) is 67.1 Å². The number of nitrogens with two attached hydrogens (primary N) is 6. The van der Waals surface area contributed by atoms with Crippen LogP contribution in [0.3, 0.4) is 0 Å². The highest BCUT2D eigenvalue weighted by atomic mass is 32.2. The molecule has 0 aromatic carbocycles. The van der Waals surface area contributed by atoms with E-state index in [4.69, 9.17) is 39.5 Å². The number of unbranched alkanes of at least 4 members (excludes halogenated alkanes) is 2. The number of carboxylic acid groups (broad SMARTS) is 2. The van der Waals surface area contributed by atoms with E-state index in [9.17, 15) is 87.5 Å². The van der Waals surface area contributed by atoms with Gasteiger partial charge < -0.3 is 118 Å². The molecule has 0 aromatic heterocycles. The number of primary amides is 1. The van der Waals surface area contributed by atoms with Gasteiger partial charge in [-0.15, -0.1) is 0 Å². The van der Waals surface area contributed by atoms with Gasteiger partial charge in [-0.3, -0.25) is 67.3 Å². The van der Waals surface area contributed by atoms with Gasteiger partial charge in [0.1, 0.15) is 48.3 Å². The second kappa shape index (κ2) is 46.1. The topological polar surface area (TPSA) is 641 Å². The van der Waals surface area contributed by atoms with E-state index < -0.39 is 169 Å². The zero-order valence-corrected chi connectivity index (χ0v) is 51.7.